The average Bonchev–Trinajstić information content (AvgIpc) is 2.78. The van der Waals surface area contributed by atoms with Crippen LogP contribution in [0.15, 0.2) is 6.07 Å². The predicted molar refractivity (Wildman–Crippen MR) is 122 cm³/mol. The maximum atomic E-state index is 12.2. The molecule has 4 rings (SSSR count). The van der Waals surface area contributed by atoms with E-state index in [0.29, 0.717) is 13.0 Å². The molecule has 31 heavy (non-hydrogen) atoms. The van der Waals surface area contributed by atoms with Gasteiger partial charge in [0.15, 0.2) is 0 Å². The molecule has 3 fully saturated rings. The van der Waals surface area contributed by atoms with Gasteiger partial charge in [-0.1, -0.05) is 6.42 Å². The van der Waals surface area contributed by atoms with Crippen molar-refractivity contribution in [1.82, 2.24) is 20.2 Å². The minimum atomic E-state index is 0.158. The van der Waals surface area contributed by atoms with Gasteiger partial charge in [-0.25, -0.2) is 9.97 Å². The SMILES string of the molecule is Cc1cc(C)nc(N2CCC3(CCC(CNC(=O)CCN4CCCCC4)OC3)CC2)n1. The normalized spacial score (nSPS) is 24.3. The van der Waals surface area contributed by atoms with Crippen LogP contribution < -0.4 is 10.2 Å². The van der Waals surface area contributed by atoms with Crippen LogP contribution >= 0.6 is 0 Å². The van der Waals surface area contributed by atoms with E-state index in [1.54, 1.807) is 0 Å². The summed E-state index contributed by atoms with van der Waals surface area (Å²) in [6.45, 7) is 10.7. The molecule has 1 atom stereocenters. The Morgan fingerprint density at radius 3 is 2.45 bits per heavy atom. The van der Waals surface area contributed by atoms with Crippen molar-refractivity contribution in [3.8, 4) is 0 Å². The third-order valence-electron chi connectivity index (χ3n) is 7.33. The monoisotopic (exact) mass is 429 g/mol. The number of aromatic nitrogens is 2. The highest BCUT2D eigenvalue weighted by molar-refractivity contribution is 5.76. The number of likely N-dealkylation sites (tertiary alicyclic amines) is 1. The Bertz CT molecular complexity index is 711. The molecule has 1 unspecified atom stereocenters. The summed E-state index contributed by atoms with van der Waals surface area (Å²) in [5.74, 6) is 1.03. The van der Waals surface area contributed by atoms with E-state index >= 15 is 0 Å². The Hall–Kier alpha value is -1.73. The number of amides is 1. The lowest BCUT2D eigenvalue weighted by Gasteiger charge is -2.45. The van der Waals surface area contributed by atoms with E-state index in [9.17, 15) is 4.79 Å². The van der Waals surface area contributed by atoms with Crippen molar-refractivity contribution < 1.29 is 9.53 Å². The average molecular weight is 430 g/mol. The molecule has 0 saturated carbocycles. The summed E-state index contributed by atoms with van der Waals surface area (Å²) in [6.07, 6.45) is 9.10. The molecule has 1 amide bonds. The second-order valence-corrected chi connectivity index (χ2v) is 9.87. The first-order chi connectivity index (χ1) is 15.0. The van der Waals surface area contributed by atoms with Gasteiger partial charge < -0.3 is 19.9 Å². The van der Waals surface area contributed by atoms with Crippen LogP contribution in [0.4, 0.5) is 5.95 Å². The van der Waals surface area contributed by atoms with E-state index < -0.39 is 0 Å². The van der Waals surface area contributed by atoms with Crippen LogP contribution in [-0.2, 0) is 9.53 Å². The first-order valence-electron chi connectivity index (χ1n) is 12.2. The fourth-order valence-corrected chi connectivity index (χ4v) is 5.26. The van der Waals surface area contributed by atoms with Gasteiger partial charge in [-0.2, -0.15) is 0 Å². The first-order valence-corrected chi connectivity index (χ1v) is 12.2. The summed E-state index contributed by atoms with van der Waals surface area (Å²) >= 11 is 0. The minimum absolute atomic E-state index is 0.158. The topological polar surface area (TPSA) is 70.6 Å². The van der Waals surface area contributed by atoms with Crippen LogP contribution in [0.2, 0.25) is 0 Å². The van der Waals surface area contributed by atoms with Crippen molar-refractivity contribution in [1.29, 1.82) is 0 Å². The number of ether oxygens (including phenoxy) is 1. The lowest BCUT2D eigenvalue weighted by molar-refractivity contribution is -0.123. The van der Waals surface area contributed by atoms with Crippen molar-refractivity contribution in [2.45, 2.75) is 71.3 Å². The van der Waals surface area contributed by atoms with Gasteiger partial charge in [-0.05, 0) is 76.9 Å². The van der Waals surface area contributed by atoms with Crippen molar-refractivity contribution >= 4 is 11.9 Å². The number of nitrogens with zero attached hydrogens (tertiary/aromatic N) is 4. The van der Waals surface area contributed by atoms with Crippen LogP contribution in [0.5, 0.6) is 0 Å². The summed E-state index contributed by atoms with van der Waals surface area (Å²) in [6, 6.07) is 2.02. The maximum absolute atomic E-state index is 12.2. The Labute approximate surface area is 186 Å². The number of aryl methyl sites for hydroxylation is 2. The molecule has 1 aromatic heterocycles. The van der Waals surface area contributed by atoms with E-state index in [4.69, 9.17) is 4.74 Å². The van der Waals surface area contributed by atoms with Crippen LogP contribution in [0.3, 0.4) is 0 Å². The summed E-state index contributed by atoms with van der Waals surface area (Å²) in [5, 5.41) is 3.11. The third kappa shape index (κ3) is 6.16. The van der Waals surface area contributed by atoms with Gasteiger partial charge in [0.1, 0.15) is 0 Å². The van der Waals surface area contributed by atoms with Gasteiger partial charge in [0.2, 0.25) is 11.9 Å². The second kappa shape index (κ2) is 10.3. The highest BCUT2D eigenvalue weighted by Gasteiger charge is 2.39. The molecule has 3 aliphatic heterocycles. The van der Waals surface area contributed by atoms with Crippen LogP contribution in [0.1, 0.15) is 62.8 Å². The first kappa shape index (κ1) is 22.5. The lowest BCUT2D eigenvalue weighted by atomic mass is 9.73. The Morgan fingerprint density at radius 2 is 1.81 bits per heavy atom. The van der Waals surface area contributed by atoms with Crippen molar-refractivity contribution in [3.63, 3.8) is 0 Å². The standard InChI is InChI=1S/C24H39N5O2/c1-19-16-20(2)27-23(26-19)29-14-9-24(10-15-29)8-6-21(31-18-24)17-25-22(30)7-13-28-11-4-3-5-12-28/h16,21H,3-15,17-18H2,1-2H3,(H,25,30). The zero-order valence-electron chi connectivity index (χ0n) is 19.4. The van der Waals surface area contributed by atoms with E-state index in [1.807, 2.05) is 19.9 Å². The molecule has 3 aliphatic rings. The van der Waals surface area contributed by atoms with Gasteiger partial charge in [-0.3, -0.25) is 4.79 Å². The van der Waals surface area contributed by atoms with Gasteiger partial charge >= 0.3 is 0 Å². The number of carbonyl (C=O) groups is 1. The highest BCUT2D eigenvalue weighted by atomic mass is 16.5. The zero-order chi connectivity index (χ0) is 21.7. The van der Waals surface area contributed by atoms with Crippen molar-refractivity contribution in [3.05, 3.63) is 17.5 Å². The summed E-state index contributed by atoms with van der Waals surface area (Å²) in [7, 11) is 0. The molecule has 1 aromatic rings. The van der Waals surface area contributed by atoms with Crippen LogP contribution in [0, 0.1) is 19.3 Å². The molecule has 172 valence electrons. The molecule has 7 heteroatoms. The third-order valence-corrected chi connectivity index (χ3v) is 7.33. The van der Waals surface area contributed by atoms with Crippen LogP contribution in [0.25, 0.3) is 0 Å². The van der Waals surface area contributed by atoms with E-state index in [2.05, 4.69) is 25.1 Å². The van der Waals surface area contributed by atoms with E-state index in [-0.39, 0.29) is 17.4 Å². The van der Waals surface area contributed by atoms with Crippen molar-refractivity contribution in [2.75, 3.05) is 50.8 Å². The maximum Gasteiger partial charge on any atom is 0.225 e. The predicted octanol–water partition coefficient (Wildman–Crippen LogP) is 2.85. The smallest absolute Gasteiger partial charge is 0.225 e. The molecule has 0 aliphatic carbocycles. The Kier molecular flexibility index (Phi) is 7.43. The number of piperidine rings is 2. The largest absolute Gasteiger partial charge is 0.376 e. The van der Waals surface area contributed by atoms with Gasteiger partial charge in [0, 0.05) is 44.0 Å². The van der Waals surface area contributed by atoms with E-state index in [0.717, 1.165) is 75.9 Å². The Morgan fingerprint density at radius 1 is 1.10 bits per heavy atom. The van der Waals surface area contributed by atoms with Crippen LogP contribution in [-0.4, -0.2) is 72.8 Å². The number of hydrogen-bond acceptors (Lipinski definition) is 6. The molecular formula is C24H39N5O2. The molecule has 1 N–H and O–H groups in total. The Balaban J connectivity index is 1.15. The molecule has 1 spiro atoms. The number of rotatable bonds is 6. The molecule has 7 nitrogen and oxygen atoms in total. The summed E-state index contributed by atoms with van der Waals surface area (Å²) < 4.78 is 6.22. The number of hydrogen-bond donors (Lipinski definition) is 1. The van der Waals surface area contributed by atoms with E-state index in [1.165, 1.54) is 25.7 Å². The molecule has 3 saturated heterocycles. The minimum Gasteiger partial charge on any atom is -0.376 e. The van der Waals surface area contributed by atoms with Gasteiger partial charge in [-0.15, -0.1) is 0 Å². The summed E-state index contributed by atoms with van der Waals surface area (Å²) in [4.78, 5) is 26.2. The quantitative estimate of drug-likeness (QED) is 0.750. The van der Waals surface area contributed by atoms with Crippen molar-refractivity contribution in [2.24, 2.45) is 5.41 Å². The molecule has 0 bridgehead atoms. The molecule has 0 aromatic carbocycles. The highest BCUT2D eigenvalue weighted by Crippen LogP contribution is 2.41. The number of anilines is 1. The van der Waals surface area contributed by atoms with Gasteiger partial charge in [0.25, 0.3) is 0 Å². The molecule has 4 heterocycles. The fraction of sp³-hybridized carbons (Fsp3) is 0.792. The van der Waals surface area contributed by atoms with Gasteiger partial charge in [0.05, 0.1) is 12.7 Å². The lowest BCUT2D eigenvalue weighted by Crippen LogP contribution is -2.48. The molecular weight excluding hydrogens is 390 g/mol. The second-order valence-electron chi connectivity index (χ2n) is 9.87. The zero-order valence-corrected chi connectivity index (χ0v) is 19.4. The number of carbonyl (C=O) groups excluding carboxylic acids is 1. The fourth-order valence-electron chi connectivity index (χ4n) is 5.26. The number of nitrogens with one attached hydrogen (secondary N) is 1. The summed E-state index contributed by atoms with van der Waals surface area (Å²) in [5.41, 5.74) is 2.35. The molecule has 0 radical (unpaired) electrons.